The number of benzene rings is 11. The Morgan fingerprint density at radius 1 is 0.152 bits per heavy atom. The zero-order valence-corrected chi connectivity index (χ0v) is 60.4. The molecule has 0 radical (unpaired) electrons. The third-order valence-corrected chi connectivity index (χ3v) is 21.5. The van der Waals surface area contributed by atoms with Gasteiger partial charge in [-0.05, 0) is 257 Å². The molecule has 11 heteroatoms. The van der Waals surface area contributed by atoms with Crippen molar-refractivity contribution in [3.63, 3.8) is 0 Å². The van der Waals surface area contributed by atoms with E-state index in [2.05, 4.69) is 323 Å². The first kappa shape index (κ1) is 65.0. The van der Waals surface area contributed by atoms with Gasteiger partial charge in [0, 0.05) is 103 Å². The average Bonchev–Trinajstić information content (AvgIpc) is 1.59. The van der Waals surface area contributed by atoms with Crippen LogP contribution in [0.15, 0.2) is 395 Å². The van der Waals surface area contributed by atoms with E-state index >= 15 is 0 Å². The van der Waals surface area contributed by atoms with E-state index in [1.54, 1.807) is 12.4 Å². The predicted molar refractivity (Wildman–Crippen MR) is 458 cm³/mol. The van der Waals surface area contributed by atoms with Crippen molar-refractivity contribution in [3.05, 3.63) is 395 Å². The van der Waals surface area contributed by atoms with Gasteiger partial charge in [0.2, 0.25) is 0 Å². The van der Waals surface area contributed by atoms with Crippen LogP contribution in [0.25, 0.3) is 200 Å². The lowest BCUT2D eigenvalue weighted by molar-refractivity contribution is 1.17. The topological polar surface area (TPSA) is 110 Å². The van der Waals surface area contributed by atoms with E-state index in [0.29, 0.717) is 0 Å². The van der Waals surface area contributed by atoms with Crippen LogP contribution in [0.2, 0.25) is 0 Å². The Bertz CT molecular complexity index is 6770. The van der Waals surface area contributed by atoms with Crippen molar-refractivity contribution in [1.29, 1.82) is 0 Å². The fourth-order valence-corrected chi connectivity index (χ4v) is 16.4. The molecule has 0 saturated carbocycles. The predicted octanol–water partition coefficient (Wildman–Crippen LogP) is 24.9. The van der Waals surface area contributed by atoms with E-state index in [0.717, 1.165) is 145 Å². The van der Waals surface area contributed by atoms with Gasteiger partial charge in [-0.1, -0.05) is 146 Å². The second-order valence-corrected chi connectivity index (χ2v) is 28.1. The summed E-state index contributed by atoms with van der Waals surface area (Å²) in [7, 11) is 0. The third kappa shape index (κ3) is 11.5. The SMILES string of the molecule is c1ccc(-n2c3ccccc3c3cc(-c4ccc5c(c4)c4ncccc4n5-c4ccc(-c5cc(-c6ccccn6)cc(-c6ccccn6)c5)cc4)ccc32)cc1.c1ccc(-n2c3ccccc3c3cc(-c4ccc5c(c4)c4ncccc4n5-c4ccc(-c5cc(-c6ccccn6)nc(-c6ccccn6)c5)cc4)ccc32)cc1. The molecule has 22 rings (SSSR count). The van der Waals surface area contributed by atoms with Crippen LogP contribution >= 0.6 is 0 Å². The molecule has 0 aliphatic rings. The van der Waals surface area contributed by atoms with Crippen LogP contribution in [-0.2, 0) is 0 Å². The molecule has 11 heterocycles. The molecule has 11 nitrogen and oxygen atoms in total. The molecule has 0 fully saturated rings. The maximum atomic E-state index is 4.96. The Labute approximate surface area is 644 Å². The van der Waals surface area contributed by atoms with Gasteiger partial charge in [0.15, 0.2) is 0 Å². The summed E-state index contributed by atoms with van der Waals surface area (Å²) < 4.78 is 9.35. The number of nitrogens with zero attached hydrogens (tertiary/aromatic N) is 11. The minimum atomic E-state index is 0.804. The van der Waals surface area contributed by atoms with Crippen LogP contribution in [-0.4, -0.2) is 53.2 Å². The lowest BCUT2D eigenvalue weighted by Gasteiger charge is -2.12. The van der Waals surface area contributed by atoms with E-state index < -0.39 is 0 Å². The Morgan fingerprint density at radius 3 is 0.848 bits per heavy atom. The molecule has 0 N–H and O–H groups in total. The Kier molecular flexibility index (Phi) is 15.9. The monoisotopic (exact) mass is 1430 g/mol. The lowest BCUT2D eigenvalue weighted by atomic mass is 9.96. The van der Waals surface area contributed by atoms with Gasteiger partial charge in [0.1, 0.15) is 0 Å². The van der Waals surface area contributed by atoms with Crippen LogP contribution in [0.3, 0.4) is 0 Å². The van der Waals surface area contributed by atoms with Crippen molar-refractivity contribution in [3.8, 4) is 113 Å². The number of aromatic nitrogens is 11. The van der Waals surface area contributed by atoms with E-state index in [4.69, 9.17) is 15.0 Å². The van der Waals surface area contributed by atoms with E-state index in [1.165, 1.54) is 54.7 Å². The minimum Gasteiger partial charge on any atom is -0.309 e. The number of hydrogen-bond donors (Lipinski definition) is 0. The molecule has 11 aromatic heterocycles. The van der Waals surface area contributed by atoms with Gasteiger partial charge in [-0.25, -0.2) is 4.98 Å². The highest BCUT2D eigenvalue weighted by molar-refractivity contribution is 6.14. The van der Waals surface area contributed by atoms with E-state index in [9.17, 15) is 0 Å². The summed E-state index contributed by atoms with van der Waals surface area (Å²) in [6.45, 7) is 0. The summed E-state index contributed by atoms with van der Waals surface area (Å²) in [4.78, 5) is 33.3. The zero-order chi connectivity index (χ0) is 74.0. The molecule has 524 valence electrons. The number of para-hydroxylation sites is 4. The highest BCUT2D eigenvalue weighted by Gasteiger charge is 2.22. The molecule has 0 aliphatic heterocycles. The van der Waals surface area contributed by atoms with Gasteiger partial charge in [0.25, 0.3) is 0 Å². The molecule has 0 aliphatic carbocycles. The van der Waals surface area contributed by atoms with Crippen LogP contribution < -0.4 is 0 Å². The smallest absolute Gasteiger partial charge is 0.0963 e. The first-order chi connectivity index (χ1) is 55.5. The second kappa shape index (κ2) is 27.5. The van der Waals surface area contributed by atoms with Gasteiger partial charge in [-0.15, -0.1) is 0 Å². The Hall–Kier alpha value is -15.3. The lowest BCUT2D eigenvalue weighted by Crippen LogP contribution is -1.95. The summed E-state index contributed by atoms with van der Waals surface area (Å²) >= 11 is 0. The molecule has 0 bridgehead atoms. The Morgan fingerprint density at radius 2 is 0.446 bits per heavy atom. The van der Waals surface area contributed by atoms with Crippen molar-refractivity contribution in [1.82, 2.24) is 53.2 Å². The first-order valence-corrected chi connectivity index (χ1v) is 37.5. The summed E-state index contributed by atoms with van der Waals surface area (Å²) in [5.41, 5.74) is 31.8. The van der Waals surface area contributed by atoms with Gasteiger partial charge >= 0.3 is 0 Å². The van der Waals surface area contributed by atoms with E-state index in [-0.39, 0.29) is 0 Å². The number of rotatable bonds is 12. The second-order valence-electron chi connectivity index (χ2n) is 28.1. The van der Waals surface area contributed by atoms with Crippen molar-refractivity contribution in [2.24, 2.45) is 0 Å². The van der Waals surface area contributed by atoms with Crippen molar-refractivity contribution in [2.75, 3.05) is 0 Å². The first-order valence-electron chi connectivity index (χ1n) is 37.5. The number of fused-ring (bicyclic) bond motifs is 12. The molecule has 11 aromatic carbocycles. The summed E-state index contributed by atoms with van der Waals surface area (Å²) in [5, 5.41) is 7.19. The maximum absolute atomic E-state index is 4.96. The fraction of sp³-hybridized carbons (Fsp3) is 0. The quantitative estimate of drug-likeness (QED) is 0.120. The van der Waals surface area contributed by atoms with E-state index in [1.807, 2.05) is 97.6 Å². The molecular formula is C101H65N11. The summed E-state index contributed by atoms with van der Waals surface area (Å²) in [5.74, 6) is 0. The molecule has 0 atom stereocenters. The number of pyridine rings is 7. The summed E-state index contributed by atoms with van der Waals surface area (Å²) in [6.07, 6.45) is 11.0. The molecule has 0 unspecified atom stereocenters. The van der Waals surface area contributed by atoms with Gasteiger partial charge in [-0.3, -0.25) is 29.9 Å². The molecule has 22 aromatic rings. The Balaban J connectivity index is 0.000000141. The van der Waals surface area contributed by atoms with Crippen molar-refractivity contribution < 1.29 is 0 Å². The summed E-state index contributed by atoms with van der Waals surface area (Å²) in [6, 6.07) is 126. The van der Waals surface area contributed by atoms with Gasteiger partial charge in [-0.2, -0.15) is 0 Å². The normalized spacial score (nSPS) is 11.6. The molecule has 112 heavy (non-hydrogen) atoms. The fourth-order valence-electron chi connectivity index (χ4n) is 16.4. The van der Waals surface area contributed by atoms with Crippen molar-refractivity contribution in [2.45, 2.75) is 0 Å². The zero-order valence-electron chi connectivity index (χ0n) is 60.4. The van der Waals surface area contributed by atoms with Crippen molar-refractivity contribution >= 4 is 87.5 Å². The highest BCUT2D eigenvalue weighted by atomic mass is 15.0. The largest absolute Gasteiger partial charge is 0.309 e. The minimum absolute atomic E-state index is 0.804. The van der Waals surface area contributed by atoms with Gasteiger partial charge < -0.3 is 18.3 Å². The third-order valence-electron chi connectivity index (χ3n) is 21.5. The molecular weight excluding hydrogens is 1370 g/mol. The molecule has 0 spiro atoms. The van der Waals surface area contributed by atoms with Gasteiger partial charge in [0.05, 0.1) is 89.3 Å². The maximum Gasteiger partial charge on any atom is 0.0963 e. The van der Waals surface area contributed by atoms with Crippen LogP contribution in [0, 0.1) is 0 Å². The van der Waals surface area contributed by atoms with Crippen LogP contribution in [0.5, 0.6) is 0 Å². The standard InChI is InChI=1S/C51H33N5.C50H32N6/c1-2-11-40(12-3-1)55-47-16-5-4-13-42(47)43-32-35(20-24-48(43)55)36-21-25-49-44(33-36)51-50(17-10-28-54-51)56(49)41-22-18-34(19-23-41)37-29-38(45-14-6-8-26-52-45)31-39(30-37)46-15-7-9-27-53-46;1-2-11-37(12-3-1)55-46-16-5-4-13-39(46)40-29-34(20-24-47(40)55)35-21-25-48-41(30-35)50-49(17-10-28-53-50)56(48)38-22-18-33(19-23-38)36-31-44(42-14-6-8-26-51-42)54-45(32-36)43-15-7-9-27-52-43/h1-33H;1-32H. The molecule has 0 amide bonds. The molecule has 0 saturated heterocycles. The average molecular weight is 1430 g/mol. The van der Waals surface area contributed by atoms with Crippen LogP contribution in [0.4, 0.5) is 0 Å². The highest BCUT2D eigenvalue weighted by Crippen LogP contribution is 2.43. The van der Waals surface area contributed by atoms with Crippen LogP contribution in [0.1, 0.15) is 0 Å². The number of hydrogen-bond acceptors (Lipinski definition) is 7.